The number of aromatic nitrogens is 2. The van der Waals surface area contributed by atoms with Gasteiger partial charge >= 0.3 is 5.97 Å². The van der Waals surface area contributed by atoms with Gasteiger partial charge in [-0.1, -0.05) is 52.8 Å². The van der Waals surface area contributed by atoms with Gasteiger partial charge < -0.3 is 23.2 Å². The summed E-state index contributed by atoms with van der Waals surface area (Å²) < 4.78 is 27.9. The van der Waals surface area contributed by atoms with Crippen LogP contribution in [-0.4, -0.2) is 66.7 Å². The fourth-order valence-electron chi connectivity index (χ4n) is 7.68. The van der Waals surface area contributed by atoms with Crippen LogP contribution < -0.4 is 0 Å². The Morgan fingerprint density at radius 3 is 2.51 bits per heavy atom. The number of esters is 1. The van der Waals surface area contributed by atoms with Crippen LogP contribution >= 0.6 is 0 Å². The van der Waals surface area contributed by atoms with E-state index >= 15 is 0 Å². The highest BCUT2D eigenvalue weighted by Crippen LogP contribution is 2.61. The molecule has 1 spiro atoms. The standard InChI is InChI=1S/C32H48N2O6Si/c1-18-15-19(2)32-22(16-24(37-8)30(36)38-28(18)21(4)40-41(9,10)31(5,6)7)11-12-23-25(32)27(35)20(3)26(29(23)39-32)34-14-13-33-17-34/h11-15,17-18,20-26,28-29H,16H2,1-10H3/b19-15+/t18-,20?,21-,22-,23-,24+,25+,26?,28+,29-,32+/m1/s1. The first-order chi connectivity index (χ1) is 19.1. The lowest BCUT2D eigenvalue weighted by atomic mass is 9.57. The van der Waals surface area contributed by atoms with Crippen molar-refractivity contribution in [1.29, 1.82) is 0 Å². The third-order valence-electron chi connectivity index (χ3n) is 10.8. The van der Waals surface area contributed by atoms with E-state index in [-0.39, 0.29) is 58.7 Å². The summed E-state index contributed by atoms with van der Waals surface area (Å²) in [5, 5.41) is 0.0128. The molecule has 8 nitrogen and oxygen atoms in total. The van der Waals surface area contributed by atoms with E-state index in [1.165, 1.54) is 0 Å². The Morgan fingerprint density at radius 2 is 1.90 bits per heavy atom. The van der Waals surface area contributed by atoms with Gasteiger partial charge in [-0.05, 0) is 44.0 Å². The number of rotatable bonds is 5. The Balaban J connectivity index is 1.58. The van der Waals surface area contributed by atoms with Crippen molar-refractivity contribution >= 4 is 20.1 Å². The Bertz CT molecular complexity index is 1220. The number of imidazole rings is 1. The van der Waals surface area contributed by atoms with Gasteiger partial charge in [-0.25, -0.2) is 9.78 Å². The summed E-state index contributed by atoms with van der Waals surface area (Å²) in [6.45, 7) is 19.2. The number of nitrogens with zero attached hydrogens (tertiary/aromatic N) is 2. The van der Waals surface area contributed by atoms with E-state index < -0.39 is 32.1 Å². The van der Waals surface area contributed by atoms with Crippen LogP contribution in [0.2, 0.25) is 18.1 Å². The van der Waals surface area contributed by atoms with Crippen molar-refractivity contribution in [3.05, 3.63) is 42.5 Å². The highest BCUT2D eigenvalue weighted by atomic mass is 28.4. The van der Waals surface area contributed by atoms with Crippen molar-refractivity contribution in [3.63, 3.8) is 0 Å². The zero-order chi connectivity index (χ0) is 30.1. The van der Waals surface area contributed by atoms with Gasteiger partial charge in [0, 0.05) is 43.2 Å². The maximum atomic E-state index is 14.3. The summed E-state index contributed by atoms with van der Waals surface area (Å²) in [6.07, 6.45) is 10.5. The first-order valence-corrected chi connectivity index (χ1v) is 18.0. The molecule has 2 unspecified atom stereocenters. The number of ketones is 1. The minimum absolute atomic E-state index is 0.0128. The van der Waals surface area contributed by atoms with Gasteiger partial charge in [-0.2, -0.15) is 0 Å². The van der Waals surface area contributed by atoms with Crippen LogP contribution in [0.15, 0.2) is 42.5 Å². The van der Waals surface area contributed by atoms with Gasteiger partial charge in [0.25, 0.3) is 0 Å². The maximum Gasteiger partial charge on any atom is 0.335 e. The second kappa shape index (κ2) is 10.6. The molecule has 41 heavy (non-hydrogen) atoms. The molecule has 2 aliphatic carbocycles. The summed E-state index contributed by atoms with van der Waals surface area (Å²) in [6, 6.07) is -0.149. The molecule has 0 amide bonds. The molecule has 0 radical (unpaired) electrons. The minimum atomic E-state index is -2.14. The monoisotopic (exact) mass is 584 g/mol. The van der Waals surface area contributed by atoms with E-state index in [1.54, 1.807) is 19.6 Å². The Kier molecular flexibility index (Phi) is 7.84. The van der Waals surface area contributed by atoms with Crippen LogP contribution in [0.1, 0.15) is 60.9 Å². The second-order valence-corrected chi connectivity index (χ2v) is 19.0. The first-order valence-electron chi connectivity index (χ1n) is 15.1. The van der Waals surface area contributed by atoms with E-state index in [0.29, 0.717) is 6.42 Å². The third kappa shape index (κ3) is 4.81. The van der Waals surface area contributed by atoms with E-state index in [0.717, 1.165) is 5.57 Å². The topological polar surface area (TPSA) is 88.9 Å². The lowest BCUT2D eigenvalue weighted by Crippen LogP contribution is -2.54. The average Bonchev–Trinajstić information content (AvgIpc) is 3.47. The molecule has 9 heteroatoms. The summed E-state index contributed by atoms with van der Waals surface area (Å²) in [7, 11) is -0.590. The number of cyclic esters (lactones) is 1. The predicted octanol–water partition coefficient (Wildman–Crippen LogP) is 5.52. The van der Waals surface area contributed by atoms with Gasteiger partial charge in [0.15, 0.2) is 14.4 Å². The Hall–Kier alpha value is -2.07. The van der Waals surface area contributed by atoms with Gasteiger partial charge in [-0.3, -0.25) is 4.79 Å². The molecular formula is C32H48N2O6Si. The predicted molar refractivity (Wildman–Crippen MR) is 159 cm³/mol. The number of carbonyl (C=O) groups is 2. The summed E-state index contributed by atoms with van der Waals surface area (Å²) >= 11 is 0. The van der Waals surface area contributed by atoms with Crippen LogP contribution in [0.25, 0.3) is 0 Å². The fourth-order valence-corrected chi connectivity index (χ4v) is 9.09. The lowest BCUT2D eigenvalue weighted by molar-refractivity contribution is -0.171. The van der Waals surface area contributed by atoms with Crippen molar-refractivity contribution in [2.75, 3.05) is 7.11 Å². The number of hydrogen-bond donors (Lipinski definition) is 0. The molecule has 11 atom stereocenters. The van der Waals surface area contributed by atoms with Crippen LogP contribution in [0.5, 0.6) is 0 Å². The SMILES string of the molecule is CO[C@H]1C[C@H]2C=C[C@@H]3[C@H]4C(=O)C(C)C(n5ccnc5)[C@@H]3O[C@@]24/C(C)=C/[C@@H](C)[C@@H]([C@@H](C)O[Si](C)(C)C(C)(C)C)OC1=O. The molecular weight excluding hydrogens is 536 g/mol. The van der Waals surface area contributed by atoms with Gasteiger partial charge in [-0.15, -0.1) is 0 Å². The number of carbonyl (C=O) groups excluding carboxylic acids is 2. The molecule has 1 saturated heterocycles. The van der Waals surface area contributed by atoms with Crippen molar-refractivity contribution in [2.45, 2.75) is 109 Å². The smallest absolute Gasteiger partial charge is 0.335 e. The highest BCUT2D eigenvalue weighted by molar-refractivity contribution is 6.74. The Morgan fingerprint density at radius 1 is 1.20 bits per heavy atom. The molecule has 1 saturated carbocycles. The first kappa shape index (κ1) is 30.4. The third-order valence-corrected chi connectivity index (χ3v) is 15.4. The van der Waals surface area contributed by atoms with Crippen LogP contribution in [0.3, 0.4) is 0 Å². The molecule has 1 aromatic rings. The van der Waals surface area contributed by atoms with Crippen molar-refractivity contribution in [2.24, 2.45) is 29.6 Å². The zero-order valence-electron chi connectivity index (χ0n) is 26.3. The minimum Gasteiger partial charge on any atom is -0.457 e. The largest absolute Gasteiger partial charge is 0.457 e. The molecule has 1 aromatic heterocycles. The molecule has 2 aliphatic heterocycles. The van der Waals surface area contributed by atoms with Crippen molar-refractivity contribution < 1.29 is 28.2 Å². The highest BCUT2D eigenvalue weighted by Gasteiger charge is 2.68. The van der Waals surface area contributed by atoms with E-state index in [9.17, 15) is 9.59 Å². The molecule has 4 aliphatic rings. The number of ether oxygens (including phenoxy) is 3. The summed E-state index contributed by atoms with van der Waals surface area (Å²) in [5.74, 6) is -1.18. The summed E-state index contributed by atoms with van der Waals surface area (Å²) in [4.78, 5) is 32.2. The quantitative estimate of drug-likeness (QED) is 0.256. The van der Waals surface area contributed by atoms with Gasteiger partial charge in [0.2, 0.25) is 0 Å². The van der Waals surface area contributed by atoms with Crippen LogP contribution in [-0.2, 0) is 28.2 Å². The van der Waals surface area contributed by atoms with Crippen LogP contribution in [0, 0.1) is 29.6 Å². The van der Waals surface area contributed by atoms with Crippen molar-refractivity contribution in [3.8, 4) is 0 Å². The summed E-state index contributed by atoms with van der Waals surface area (Å²) in [5.41, 5.74) is 0.155. The molecule has 0 N–H and O–H groups in total. The molecule has 5 rings (SSSR count). The molecule has 4 bridgehead atoms. The number of methoxy groups -OCH3 is 1. The van der Waals surface area contributed by atoms with Crippen molar-refractivity contribution in [1.82, 2.24) is 9.55 Å². The average molecular weight is 585 g/mol. The fraction of sp³-hybridized carbons (Fsp3) is 0.719. The lowest BCUT2D eigenvalue weighted by Gasteiger charge is -2.46. The van der Waals surface area contributed by atoms with Gasteiger partial charge in [0.05, 0.1) is 30.5 Å². The maximum absolute atomic E-state index is 14.3. The van der Waals surface area contributed by atoms with Gasteiger partial charge in [0.1, 0.15) is 17.5 Å². The number of Topliss-reactive ketones (excluding diaryl/α,β-unsaturated/α-hetero) is 1. The second-order valence-electron chi connectivity index (χ2n) is 14.3. The van der Waals surface area contributed by atoms with E-state index in [2.05, 4.69) is 70.9 Å². The normalized spacial score (nSPS) is 41.3. The number of hydrogen-bond acceptors (Lipinski definition) is 7. The van der Waals surface area contributed by atoms with E-state index in [1.807, 2.05) is 24.6 Å². The van der Waals surface area contributed by atoms with Crippen LogP contribution in [0.4, 0.5) is 0 Å². The Labute approximate surface area is 246 Å². The molecule has 3 heterocycles. The molecule has 2 fully saturated rings. The molecule has 0 aromatic carbocycles. The zero-order valence-corrected chi connectivity index (χ0v) is 27.3. The molecule has 226 valence electrons. The van der Waals surface area contributed by atoms with E-state index in [4.69, 9.17) is 18.6 Å².